The van der Waals surface area contributed by atoms with E-state index in [2.05, 4.69) is 37.1 Å². The molecule has 2 rings (SSSR count). The van der Waals surface area contributed by atoms with Gasteiger partial charge >= 0.3 is 0 Å². The molecule has 2 heterocycles. The van der Waals surface area contributed by atoms with E-state index >= 15 is 0 Å². The summed E-state index contributed by atoms with van der Waals surface area (Å²) in [7, 11) is 0. The second-order valence-corrected chi connectivity index (χ2v) is 7.70. The molecule has 0 amide bonds. The summed E-state index contributed by atoms with van der Waals surface area (Å²) in [5.41, 5.74) is 0.924. The highest BCUT2D eigenvalue weighted by atomic mass is 32.1. The number of rotatable bonds is 4. The normalized spacial score (nSPS) is 29.1. The van der Waals surface area contributed by atoms with E-state index in [1.807, 2.05) is 18.3 Å². The summed E-state index contributed by atoms with van der Waals surface area (Å²) in [6, 6.07) is 2.20. The Morgan fingerprint density at radius 3 is 2.84 bits per heavy atom. The highest BCUT2D eigenvalue weighted by Gasteiger charge is 2.37. The van der Waals surface area contributed by atoms with E-state index in [0.717, 1.165) is 32.5 Å². The van der Waals surface area contributed by atoms with Gasteiger partial charge in [0.1, 0.15) is 0 Å². The molecule has 0 aromatic carbocycles. The fourth-order valence-corrected chi connectivity index (χ4v) is 3.95. The number of hydrogen-bond acceptors (Lipinski definition) is 3. The summed E-state index contributed by atoms with van der Waals surface area (Å²) in [5.74, 6) is 1.06. The van der Waals surface area contributed by atoms with Crippen LogP contribution in [-0.4, -0.2) is 28.7 Å². The molecule has 0 bridgehead atoms. The fourth-order valence-electron chi connectivity index (χ4n) is 3.00. The van der Waals surface area contributed by atoms with Crippen molar-refractivity contribution in [2.75, 3.05) is 13.1 Å². The Morgan fingerprint density at radius 2 is 2.26 bits per heavy atom. The second-order valence-electron chi connectivity index (χ2n) is 6.70. The van der Waals surface area contributed by atoms with Crippen LogP contribution < -0.4 is 0 Å². The maximum absolute atomic E-state index is 10.6. The van der Waals surface area contributed by atoms with Gasteiger partial charge in [0.25, 0.3) is 0 Å². The van der Waals surface area contributed by atoms with E-state index in [1.54, 1.807) is 0 Å². The molecular weight excluding hydrogens is 254 g/mol. The van der Waals surface area contributed by atoms with Crippen molar-refractivity contribution in [3.63, 3.8) is 0 Å². The van der Waals surface area contributed by atoms with Crippen LogP contribution in [0.3, 0.4) is 0 Å². The van der Waals surface area contributed by atoms with E-state index in [4.69, 9.17) is 0 Å². The molecule has 2 nitrogen and oxygen atoms in total. The van der Waals surface area contributed by atoms with E-state index in [0.29, 0.717) is 11.8 Å². The van der Waals surface area contributed by atoms with Gasteiger partial charge in [-0.05, 0) is 49.6 Å². The molecule has 0 aliphatic carbocycles. The van der Waals surface area contributed by atoms with Crippen molar-refractivity contribution >= 4 is 11.3 Å². The van der Waals surface area contributed by atoms with Crippen molar-refractivity contribution < 1.29 is 5.11 Å². The highest BCUT2D eigenvalue weighted by Crippen LogP contribution is 2.33. The van der Waals surface area contributed by atoms with Crippen LogP contribution in [0.25, 0.3) is 0 Å². The van der Waals surface area contributed by atoms with Crippen LogP contribution in [0.4, 0.5) is 0 Å². The number of piperidine rings is 1. The quantitative estimate of drug-likeness (QED) is 0.910. The third kappa shape index (κ3) is 3.80. The summed E-state index contributed by atoms with van der Waals surface area (Å²) in [5, 5.41) is 12.7. The van der Waals surface area contributed by atoms with Crippen molar-refractivity contribution in [3.05, 3.63) is 21.9 Å². The molecule has 3 heteroatoms. The van der Waals surface area contributed by atoms with Gasteiger partial charge in [-0.2, -0.15) is 0 Å². The average molecular weight is 281 g/mol. The Balaban J connectivity index is 1.99. The van der Waals surface area contributed by atoms with Crippen molar-refractivity contribution in [1.82, 2.24) is 4.90 Å². The molecule has 1 N–H and O–H groups in total. The molecule has 1 aliphatic rings. The highest BCUT2D eigenvalue weighted by molar-refractivity contribution is 7.10. The van der Waals surface area contributed by atoms with Crippen LogP contribution in [0.1, 0.15) is 44.1 Å². The SMILES string of the molecule is Cc1ccsc1CN1CC[C@](C)(O)[C@H](CC(C)C)C1. The largest absolute Gasteiger partial charge is 0.390 e. The molecule has 1 aromatic heterocycles. The Kier molecular flexibility index (Phi) is 4.70. The summed E-state index contributed by atoms with van der Waals surface area (Å²) in [6.07, 6.45) is 2.02. The van der Waals surface area contributed by atoms with Crippen LogP contribution >= 0.6 is 11.3 Å². The number of hydrogen-bond donors (Lipinski definition) is 1. The third-order valence-corrected chi connectivity index (χ3v) is 5.39. The molecule has 0 unspecified atom stereocenters. The summed E-state index contributed by atoms with van der Waals surface area (Å²) < 4.78 is 0. The second kappa shape index (κ2) is 5.94. The number of aliphatic hydroxyl groups is 1. The van der Waals surface area contributed by atoms with E-state index in [-0.39, 0.29) is 0 Å². The first-order valence-corrected chi connectivity index (χ1v) is 8.24. The fraction of sp³-hybridized carbons (Fsp3) is 0.750. The smallest absolute Gasteiger partial charge is 0.0672 e. The number of nitrogens with zero attached hydrogens (tertiary/aromatic N) is 1. The third-order valence-electron chi connectivity index (χ3n) is 4.38. The molecule has 108 valence electrons. The predicted molar refractivity (Wildman–Crippen MR) is 82.5 cm³/mol. The summed E-state index contributed by atoms with van der Waals surface area (Å²) in [4.78, 5) is 3.99. The molecule has 1 aromatic rings. The first-order valence-electron chi connectivity index (χ1n) is 7.36. The molecule has 1 aliphatic heterocycles. The Hall–Kier alpha value is -0.380. The molecule has 0 radical (unpaired) electrons. The van der Waals surface area contributed by atoms with Crippen molar-refractivity contribution in [1.29, 1.82) is 0 Å². The zero-order chi connectivity index (χ0) is 14.0. The molecule has 1 fully saturated rings. The van der Waals surface area contributed by atoms with Crippen LogP contribution in [0.15, 0.2) is 11.4 Å². The lowest BCUT2D eigenvalue weighted by Crippen LogP contribution is -2.50. The monoisotopic (exact) mass is 281 g/mol. The van der Waals surface area contributed by atoms with Gasteiger partial charge in [-0.1, -0.05) is 13.8 Å². The van der Waals surface area contributed by atoms with Gasteiger partial charge in [0.2, 0.25) is 0 Å². The maximum atomic E-state index is 10.6. The molecule has 1 saturated heterocycles. The number of aryl methyl sites for hydroxylation is 1. The molecular formula is C16H27NOS. The zero-order valence-electron chi connectivity index (χ0n) is 12.6. The van der Waals surface area contributed by atoms with Crippen molar-refractivity contribution in [3.8, 4) is 0 Å². The van der Waals surface area contributed by atoms with Crippen LogP contribution in [0.5, 0.6) is 0 Å². The minimum absolute atomic E-state index is 0.404. The lowest BCUT2D eigenvalue weighted by atomic mass is 9.78. The molecule has 0 saturated carbocycles. The minimum Gasteiger partial charge on any atom is -0.390 e. The minimum atomic E-state index is -0.481. The average Bonchev–Trinajstić information content (AvgIpc) is 2.69. The zero-order valence-corrected chi connectivity index (χ0v) is 13.5. The van der Waals surface area contributed by atoms with Gasteiger partial charge < -0.3 is 5.11 Å². The maximum Gasteiger partial charge on any atom is 0.0672 e. The first kappa shape index (κ1) is 15.0. The first-order chi connectivity index (χ1) is 8.88. The van der Waals surface area contributed by atoms with E-state index < -0.39 is 5.60 Å². The standard InChI is InChI=1S/C16H27NOS/c1-12(2)9-14-10-17(7-6-16(14,4)18)11-15-13(3)5-8-19-15/h5,8,12,14,18H,6-7,9-11H2,1-4H3/t14-,16+/m1/s1. The lowest BCUT2D eigenvalue weighted by Gasteiger charge is -2.43. The predicted octanol–water partition coefficient (Wildman–Crippen LogP) is 3.68. The van der Waals surface area contributed by atoms with Crippen LogP contribution in [0, 0.1) is 18.8 Å². The Bertz CT molecular complexity index is 411. The Morgan fingerprint density at radius 1 is 1.53 bits per heavy atom. The van der Waals surface area contributed by atoms with Gasteiger partial charge in [-0.25, -0.2) is 0 Å². The Labute approximate surface area is 121 Å². The van der Waals surface area contributed by atoms with Gasteiger partial charge in [0.15, 0.2) is 0 Å². The summed E-state index contributed by atoms with van der Waals surface area (Å²) in [6.45, 7) is 11.8. The van der Waals surface area contributed by atoms with Crippen LogP contribution in [-0.2, 0) is 6.54 Å². The molecule has 0 spiro atoms. The number of likely N-dealkylation sites (tertiary alicyclic amines) is 1. The van der Waals surface area contributed by atoms with Gasteiger partial charge in [0, 0.05) is 30.4 Å². The van der Waals surface area contributed by atoms with E-state index in [1.165, 1.54) is 10.4 Å². The summed E-state index contributed by atoms with van der Waals surface area (Å²) >= 11 is 1.85. The van der Waals surface area contributed by atoms with Gasteiger partial charge in [-0.15, -0.1) is 11.3 Å². The van der Waals surface area contributed by atoms with Gasteiger partial charge in [-0.3, -0.25) is 4.90 Å². The van der Waals surface area contributed by atoms with Crippen molar-refractivity contribution in [2.45, 2.75) is 52.7 Å². The van der Waals surface area contributed by atoms with Gasteiger partial charge in [0.05, 0.1) is 5.60 Å². The van der Waals surface area contributed by atoms with E-state index in [9.17, 15) is 5.11 Å². The molecule has 19 heavy (non-hydrogen) atoms. The topological polar surface area (TPSA) is 23.5 Å². The van der Waals surface area contributed by atoms with Crippen molar-refractivity contribution in [2.24, 2.45) is 11.8 Å². The number of thiophene rings is 1. The lowest BCUT2D eigenvalue weighted by molar-refractivity contribution is -0.0662. The molecule has 2 atom stereocenters. The van der Waals surface area contributed by atoms with Crippen LogP contribution in [0.2, 0.25) is 0 Å².